The van der Waals surface area contributed by atoms with Crippen molar-refractivity contribution in [2.45, 2.75) is 10.7 Å². The third kappa shape index (κ3) is 1.55. The van der Waals surface area contributed by atoms with E-state index in [9.17, 15) is 0 Å². The summed E-state index contributed by atoms with van der Waals surface area (Å²) < 4.78 is 0.734. The average Bonchev–Trinajstić information content (AvgIpc) is 2.46. The quantitative estimate of drug-likeness (QED) is 0.780. The molecule has 4 heteroatoms. The third-order valence-electron chi connectivity index (χ3n) is 2.33. The van der Waals surface area contributed by atoms with Crippen LogP contribution in [0.25, 0.3) is 0 Å². The normalized spacial score (nSPS) is 29.5. The molecule has 0 saturated carbocycles. The second-order valence-corrected chi connectivity index (χ2v) is 5.38. The van der Waals surface area contributed by atoms with Crippen molar-refractivity contribution in [1.29, 1.82) is 0 Å². The number of hydrogen-bond donors (Lipinski definition) is 1. The fourth-order valence-corrected chi connectivity index (χ4v) is 2.57. The summed E-state index contributed by atoms with van der Waals surface area (Å²) in [6.45, 7) is 0.153. The smallest absolute Gasteiger partial charge is 0.109 e. The number of nitrogens with zero attached hydrogens (tertiary/aromatic N) is 1. The van der Waals surface area contributed by atoms with Crippen LogP contribution in [0, 0.1) is 0 Å². The molecular formula is C10H9Br2NO. The highest BCUT2D eigenvalue weighted by atomic mass is 79.9. The van der Waals surface area contributed by atoms with Crippen LogP contribution in [0.4, 0.5) is 0 Å². The molecule has 1 atom stereocenters. The first kappa shape index (κ1) is 10.3. The fraction of sp³-hybridized carbons (Fsp3) is 0.300. The minimum atomic E-state index is -0.285. The standard InChI is InChI=1S/C10H9Br2NO/c11-8-1-3-10(12)7(2-4-14)6-13-9(10)5-8/h1,3,5-6,14H,2,4H2. The average molecular weight is 319 g/mol. The predicted octanol–water partition coefficient (Wildman–Crippen LogP) is 2.69. The summed E-state index contributed by atoms with van der Waals surface area (Å²) in [6, 6.07) is 0. The molecule has 1 aliphatic carbocycles. The maximum absolute atomic E-state index is 8.92. The van der Waals surface area contributed by atoms with E-state index < -0.39 is 0 Å². The number of aliphatic hydroxyl groups is 1. The first-order chi connectivity index (χ1) is 6.66. The summed E-state index contributed by atoms with van der Waals surface area (Å²) in [5, 5.41) is 8.92. The molecule has 0 bridgehead atoms. The van der Waals surface area contributed by atoms with Gasteiger partial charge in [-0.1, -0.05) is 37.9 Å². The lowest BCUT2D eigenvalue weighted by molar-refractivity contribution is 0.298. The van der Waals surface area contributed by atoms with Crippen LogP contribution in [0.5, 0.6) is 0 Å². The fourth-order valence-electron chi connectivity index (χ4n) is 1.57. The van der Waals surface area contributed by atoms with Gasteiger partial charge in [0.25, 0.3) is 0 Å². The molecule has 0 aromatic heterocycles. The lowest BCUT2D eigenvalue weighted by Crippen LogP contribution is -2.30. The number of alkyl halides is 1. The molecule has 74 valence electrons. The Balaban J connectivity index is 2.32. The molecule has 2 aliphatic rings. The summed E-state index contributed by atoms with van der Waals surface area (Å²) in [6.07, 6.45) is 8.49. The van der Waals surface area contributed by atoms with Crippen molar-refractivity contribution in [1.82, 2.24) is 0 Å². The van der Waals surface area contributed by atoms with Gasteiger partial charge in [0.1, 0.15) is 4.32 Å². The van der Waals surface area contributed by atoms with Crippen molar-refractivity contribution in [3.63, 3.8) is 0 Å². The molecule has 0 fully saturated rings. The summed E-state index contributed by atoms with van der Waals surface area (Å²) in [4.78, 5) is 4.32. The van der Waals surface area contributed by atoms with Gasteiger partial charge in [-0.05, 0) is 24.1 Å². The van der Waals surface area contributed by atoms with E-state index in [0.717, 1.165) is 15.8 Å². The molecule has 2 nitrogen and oxygen atoms in total. The van der Waals surface area contributed by atoms with Gasteiger partial charge >= 0.3 is 0 Å². The topological polar surface area (TPSA) is 32.6 Å². The first-order valence-corrected chi connectivity index (χ1v) is 5.89. The van der Waals surface area contributed by atoms with Gasteiger partial charge in [0, 0.05) is 17.3 Å². The number of aliphatic hydroxyl groups excluding tert-OH is 1. The first-order valence-electron chi connectivity index (χ1n) is 4.31. The minimum absolute atomic E-state index is 0.153. The zero-order valence-corrected chi connectivity index (χ0v) is 10.5. The van der Waals surface area contributed by atoms with Crippen LogP contribution in [0.15, 0.2) is 39.5 Å². The maximum Gasteiger partial charge on any atom is 0.109 e. The van der Waals surface area contributed by atoms with Crippen LogP contribution in [0.1, 0.15) is 6.42 Å². The number of halogens is 2. The zero-order chi connectivity index (χ0) is 10.2. The lowest BCUT2D eigenvalue weighted by atomic mass is 9.91. The largest absolute Gasteiger partial charge is 0.396 e. The van der Waals surface area contributed by atoms with Gasteiger partial charge in [0.05, 0.1) is 5.71 Å². The van der Waals surface area contributed by atoms with Crippen LogP contribution in [0.2, 0.25) is 0 Å². The van der Waals surface area contributed by atoms with Crippen LogP contribution >= 0.6 is 31.9 Å². The molecule has 14 heavy (non-hydrogen) atoms. The van der Waals surface area contributed by atoms with Gasteiger partial charge in [-0.15, -0.1) is 0 Å². The van der Waals surface area contributed by atoms with E-state index in [0.29, 0.717) is 6.42 Å². The van der Waals surface area contributed by atoms with Crippen molar-refractivity contribution in [3.8, 4) is 0 Å². The molecule has 0 spiro atoms. The summed E-state index contributed by atoms with van der Waals surface area (Å²) in [7, 11) is 0. The summed E-state index contributed by atoms with van der Waals surface area (Å²) in [5.41, 5.74) is 2.07. The van der Waals surface area contributed by atoms with Crippen molar-refractivity contribution < 1.29 is 5.11 Å². The SMILES string of the molecule is OCCC1=CN=C2C=C(Br)C=CC12Br. The van der Waals surface area contributed by atoms with Crippen molar-refractivity contribution >= 4 is 37.6 Å². The molecule has 1 N–H and O–H groups in total. The second kappa shape index (κ2) is 3.76. The van der Waals surface area contributed by atoms with Gasteiger partial charge in [-0.3, -0.25) is 4.99 Å². The van der Waals surface area contributed by atoms with Gasteiger partial charge in [0.15, 0.2) is 0 Å². The minimum Gasteiger partial charge on any atom is -0.396 e. The molecule has 1 unspecified atom stereocenters. The highest BCUT2D eigenvalue weighted by molar-refractivity contribution is 9.12. The Morgan fingerprint density at radius 2 is 2.29 bits per heavy atom. The number of fused-ring (bicyclic) bond motifs is 1. The number of hydrogen-bond acceptors (Lipinski definition) is 2. The highest BCUT2D eigenvalue weighted by Crippen LogP contribution is 2.40. The van der Waals surface area contributed by atoms with E-state index >= 15 is 0 Å². The molecule has 0 aromatic carbocycles. The van der Waals surface area contributed by atoms with E-state index in [1.807, 2.05) is 24.4 Å². The van der Waals surface area contributed by atoms with E-state index in [2.05, 4.69) is 36.9 Å². The Kier molecular flexibility index (Phi) is 2.77. The molecule has 0 aromatic rings. The third-order valence-corrected chi connectivity index (χ3v) is 4.00. The predicted molar refractivity (Wildman–Crippen MR) is 65.0 cm³/mol. The Labute approximate surface area is 99.4 Å². The van der Waals surface area contributed by atoms with Crippen molar-refractivity contribution in [3.05, 3.63) is 34.5 Å². The van der Waals surface area contributed by atoms with Gasteiger partial charge in [-0.25, -0.2) is 0 Å². The Hall–Kier alpha value is -0.190. The van der Waals surface area contributed by atoms with E-state index in [4.69, 9.17) is 5.11 Å². The molecule has 0 radical (unpaired) electrons. The molecular weight excluding hydrogens is 310 g/mol. The molecule has 1 aliphatic heterocycles. The maximum atomic E-state index is 8.92. The van der Waals surface area contributed by atoms with Crippen LogP contribution in [0.3, 0.4) is 0 Å². The Morgan fingerprint density at radius 1 is 1.50 bits per heavy atom. The Bertz CT molecular complexity index is 382. The lowest BCUT2D eigenvalue weighted by Gasteiger charge is -2.25. The zero-order valence-electron chi connectivity index (χ0n) is 7.37. The van der Waals surface area contributed by atoms with Crippen molar-refractivity contribution in [2.75, 3.05) is 6.61 Å². The van der Waals surface area contributed by atoms with Gasteiger partial charge in [-0.2, -0.15) is 0 Å². The van der Waals surface area contributed by atoms with E-state index in [1.165, 1.54) is 0 Å². The number of aliphatic imine (C=N–C) groups is 1. The Morgan fingerprint density at radius 3 is 3.00 bits per heavy atom. The number of rotatable bonds is 2. The van der Waals surface area contributed by atoms with Crippen LogP contribution in [-0.2, 0) is 0 Å². The monoisotopic (exact) mass is 317 g/mol. The van der Waals surface area contributed by atoms with E-state index in [1.54, 1.807) is 0 Å². The second-order valence-electron chi connectivity index (χ2n) is 3.22. The molecule has 1 heterocycles. The molecule has 2 rings (SSSR count). The van der Waals surface area contributed by atoms with Crippen LogP contribution in [-0.4, -0.2) is 21.7 Å². The van der Waals surface area contributed by atoms with E-state index in [-0.39, 0.29) is 10.9 Å². The highest BCUT2D eigenvalue weighted by Gasteiger charge is 2.37. The summed E-state index contributed by atoms with van der Waals surface area (Å²) in [5.74, 6) is 0. The van der Waals surface area contributed by atoms with Gasteiger partial charge in [0.2, 0.25) is 0 Å². The molecule has 0 amide bonds. The molecule has 0 saturated heterocycles. The number of allylic oxidation sites excluding steroid dienone is 4. The van der Waals surface area contributed by atoms with Gasteiger partial charge < -0.3 is 5.11 Å². The van der Waals surface area contributed by atoms with Crippen LogP contribution < -0.4 is 0 Å². The van der Waals surface area contributed by atoms with Crippen molar-refractivity contribution in [2.24, 2.45) is 4.99 Å². The summed E-state index contributed by atoms with van der Waals surface area (Å²) >= 11 is 7.06.